The van der Waals surface area contributed by atoms with Crippen LogP contribution in [-0.4, -0.2) is 81.8 Å². The highest BCUT2D eigenvalue weighted by atomic mass is 31.2. The molecule has 0 bridgehead atoms. The minimum Gasteiger partial charge on any atom is -0.394 e. The average molecular weight is 564 g/mol. The Hall–Kier alpha value is -2.73. The summed E-state index contributed by atoms with van der Waals surface area (Å²) in [6.45, 7) is 2.82. The molecule has 7 N–H and O–H groups in total. The number of aryl methyl sites for hydroxylation is 2. The highest BCUT2D eigenvalue weighted by Gasteiger charge is 2.38. The Morgan fingerprint density at radius 2 is 1.39 bits per heavy atom. The summed E-state index contributed by atoms with van der Waals surface area (Å²) in [6.07, 6.45) is -3.59. The Labute approximate surface area is 213 Å². The Morgan fingerprint density at radius 1 is 0.921 bits per heavy atom. The fourth-order valence-corrected chi connectivity index (χ4v) is 4.16. The van der Waals surface area contributed by atoms with E-state index in [2.05, 4.69) is 9.97 Å². The van der Waals surface area contributed by atoms with Crippen LogP contribution in [0, 0.1) is 13.8 Å². The molecule has 2 aromatic heterocycles. The number of hydrogen-bond donors (Lipinski definition) is 7. The largest absolute Gasteiger partial charge is 0.394 e. The summed E-state index contributed by atoms with van der Waals surface area (Å²) in [7, 11) is -4.35. The molecular weight excluding hydrogens is 535 g/mol. The molecule has 2 aliphatic heterocycles. The fourth-order valence-electron chi connectivity index (χ4n) is 3.80. The van der Waals surface area contributed by atoms with Crippen LogP contribution < -0.4 is 22.5 Å². The van der Waals surface area contributed by atoms with Crippen molar-refractivity contribution in [2.24, 2.45) is 0 Å². The number of H-pyrrole nitrogens is 2. The number of aliphatic hydroxyl groups excluding tert-OH is 3. The lowest BCUT2D eigenvalue weighted by atomic mass is 10.2. The van der Waals surface area contributed by atoms with Gasteiger partial charge in [0.05, 0.1) is 12.7 Å². The Kier molecular flexibility index (Phi) is 9.40. The maximum atomic E-state index is 11.7. The third-order valence-corrected chi connectivity index (χ3v) is 6.18. The van der Waals surface area contributed by atoms with Gasteiger partial charge in [0.25, 0.3) is 11.1 Å². The summed E-state index contributed by atoms with van der Waals surface area (Å²) in [6, 6.07) is 0. The monoisotopic (exact) mass is 564 g/mol. The zero-order valence-corrected chi connectivity index (χ0v) is 21.2. The molecule has 38 heavy (non-hydrogen) atoms. The molecule has 4 heterocycles. The molecule has 2 fully saturated rings. The summed E-state index contributed by atoms with van der Waals surface area (Å²) in [5.41, 5.74) is -1.79. The van der Waals surface area contributed by atoms with Gasteiger partial charge in [-0.2, -0.15) is 0 Å². The molecule has 0 saturated carbocycles. The molecule has 0 aromatic carbocycles. The summed E-state index contributed by atoms with van der Waals surface area (Å²) in [4.78, 5) is 67.4. The number of ether oxygens (including phenoxy) is 3. The first-order valence-corrected chi connectivity index (χ1v) is 13.1. The molecule has 0 aliphatic carbocycles. The minimum absolute atomic E-state index is 0.0602. The van der Waals surface area contributed by atoms with E-state index in [0.717, 1.165) is 9.13 Å². The number of nitrogens with zero attached hydrogens (tertiary/aromatic N) is 2. The van der Waals surface area contributed by atoms with E-state index >= 15 is 0 Å². The number of aromatic amines is 2. The van der Waals surface area contributed by atoms with Crippen molar-refractivity contribution in [2.75, 3.05) is 13.0 Å². The quantitative estimate of drug-likeness (QED) is 0.174. The van der Waals surface area contributed by atoms with Crippen molar-refractivity contribution in [1.29, 1.82) is 0 Å². The second-order valence-electron chi connectivity index (χ2n) is 8.81. The van der Waals surface area contributed by atoms with Crippen LogP contribution in [0.5, 0.6) is 0 Å². The lowest BCUT2D eigenvalue weighted by Gasteiger charge is -2.17. The predicted octanol–water partition coefficient (Wildman–Crippen LogP) is -2.91. The van der Waals surface area contributed by atoms with E-state index < -0.39 is 73.5 Å². The molecule has 4 rings (SSSR count). The molecule has 212 valence electrons. The zero-order valence-electron chi connectivity index (χ0n) is 20.3. The van der Waals surface area contributed by atoms with Crippen molar-refractivity contribution in [1.82, 2.24) is 19.1 Å². The summed E-state index contributed by atoms with van der Waals surface area (Å²) >= 11 is 0. The molecule has 2 aliphatic rings. The second-order valence-corrected chi connectivity index (χ2v) is 10.4. The van der Waals surface area contributed by atoms with Gasteiger partial charge < -0.3 is 39.3 Å². The minimum atomic E-state index is -4.35. The Bertz CT molecular complexity index is 1410. The maximum absolute atomic E-state index is 11.7. The van der Waals surface area contributed by atoms with Crippen molar-refractivity contribution >= 4 is 7.60 Å². The molecule has 6 atom stereocenters. The van der Waals surface area contributed by atoms with Crippen molar-refractivity contribution in [3.05, 3.63) is 65.2 Å². The standard InChI is InChI=1S/C10H15N2O8P.C10H14N2O5/c1-5-3-12(10(15)11-8(5)14)9-6(13)2-7(20-9)19-4-21(16,17)18;1-5-3-12(10(16)11-8(5)15)9-7(14)2-6(4-13)17-9/h3,6-7,9,13H,2,4H2,1H3,(H,11,14,15)(H2,16,17,18);3,6-7,9,13-14H,2,4H2,1H3,(H,11,15,16)/t2*6-,7-,9+/m00/s1. The molecule has 18 heteroatoms. The van der Waals surface area contributed by atoms with Gasteiger partial charge >= 0.3 is 19.0 Å². The smallest absolute Gasteiger partial charge is 0.351 e. The molecule has 0 amide bonds. The van der Waals surface area contributed by atoms with E-state index in [0.29, 0.717) is 5.56 Å². The molecule has 2 saturated heterocycles. The molecule has 0 radical (unpaired) electrons. The van der Waals surface area contributed by atoms with Crippen molar-refractivity contribution in [3.8, 4) is 0 Å². The second kappa shape index (κ2) is 12.0. The van der Waals surface area contributed by atoms with E-state index in [4.69, 9.17) is 29.1 Å². The number of aromatic nitrogens is 4. The van der Waals surface area contributed by atoms with Gasteiger partial charge in [0.15, 0.2) is 25.1 Å². The van der Waals surface area contributed by atoms with Gasteiger partial charge in [0.1, 0.15) is 12.2 Å². The van der Waals surface area contributed by atoms with Gasteiger partial charge in [0.2, 0.25) is 0 Å². The third kappa shape index (κ3) is 7.22. The van der Waals surface area contributed by atoms with Gasteiger partial charge in [0, 0.05) is 36.4 Å². The molecule has 17 nitrogen and oxygen atoms in total. The van der Waals surface area contributed by atoms with Crippen LogP contribution in [0.25, 0.3) is 0 Å². The maximum Gasteiger partial charge on any atom is 0.351 e. The highest BCUT2D eigenvalue weighted by Crippen LogP contribution is 2.37. The van der Waals surface area contributed by atoms with Crippen molar-refractivity contribution in [2.45, 2.75) is 63.7 Å². The summed E-state index contributed by atoms with van der Waals surface area (Å²) < 4.78 is 28.3. The topological polar surface area (TPSA) is 256 Å². The molecule has 2 aromatic rings. The third-order valence-electron chi connectivity index (χ3n) is 5.69. The van der Waals surface area contributed by atoms with Gasteiger partial charge in [-0.25, -0.2) is 9.59 Å². The lowest BCUT2D eigenvalue weighted by Crippen LogP contribution is -2.36. The van der Waals surface area contributed by atoms with Crippen LogP contribution in [0.15, 0.2) is 31.6 Å². The Balaban J connectivity index is 0.000000215. The molecule has 0 unspecified atom stereocenters. The summed E-state index contributed by atoms with van der Waals surface area (Å²) in [5, 5.41) is 28.6. The molecular formula is C20H29N4O13P. The van der Waals surface area contributed by atoms with Crippen LogP contribution in [-0.2, 0) is 18.8 Å². The highest BCUT2D eigenvalue weighted by molar-refractivity contribution is 7.51. The number of aliphatic hydroxyl groups is 3. The normalized spacial score (nSPS) is 27.2. The zero-order chi connectivity index (χ0) is 28.4. The first kappa shape index (κ1) is 29.8. The van der Waals surface area contributed by atoms with E-state index in [1.807, 2.05) is 0 Å². The first-order chi connectivity index (χ1) is 17.7. The van der Waals surface area contributed by atoms with Crippen molar-refractivity contribution in [3.63, 3.8) is 0 Å². The average Bonchev–Trinajstić information content (AvgIpc) is 3.39. The van der Waals surface area contributed by atoms with E-state index in [-0.39, 0.29) is 25.0 Å². The van der Waals surface area contributed by atoms with Gasteiger partial charge in [-0.15, -0.1) is 0 Å². The van der Waals surface area contributed by atoms with E-state index in [1.165, 1.54) is 19.3 Å². The first-order valence-electron chi connectivity index (χ1n) is 11.3. The SMILES string of the molecule is Cc1cn([C@@H]2O[C@H](CO)C[C@@H]2O)c(=O)[nH]c1=O.Cc1cn([C@@H]2O[C@H](OCP(=O)(O)O)C[C@@H]2O)c(=O)[nH]c1=O. The van der Waals surface area contributed by atoms with E-state index in [9.17, 15) is 34.0 Å². The van der Waals surface area contributed by atoms with E-state index in [1.54, 1.807) is 6.92 Å². The van der Waals surface area contributed by atoms with Crippen LogP contribution >= 0.6 is 7.60 Å². The summed E-state index contributed by atoms with van der Waals surface area (Å²) in [5.74, 6) is 0. The van der Waals surface area contributed by atoms with Crippen molar-refractivity contribution < 1.29 is 43.9 Å². The van der Waals surface area contributed by atoms with Crippen LogP contribution in [0.4, 0.5) is 0 Å². The van der Waals surface area contributed by atoms with Crippen LogP contribution in [0.1, 0.15) is 36.4 Å². The van der Waals surface area contributed by atoms with Crippen LogP contribution in [0.2, 0.25) is 0 Å². The lowest BCUT2D eigenvalue weighted by molar-refractivity contribution is -0.147. The number of nitrogens with one attached hydrogen (secondary N) is 2. The number of rotatable bonds is 6. The Morgan fingerprint density at radius 3 is 1.84 bits per heavy atom. The number of hydrogen-bond acceptors (Lipinski definition) is 11. The van der Waals surface area contributed by atoms with Gasteiger partial charge in [-0.05, 0) is 13.8 Å². The molecule has 0 spiro atoms. The van der Waals surface area contributed by atoms with Gasteiger partial charge in [-0.3, -0.25) is 33.3 Å². The van der Waals surface area contributed by atoms with Gasteiger partial charge in [-0.1, -0.05) is 0 Å². The fraction of sp³-hybridized carbons (Fsp3) is 0.600. The predicted molar refractivity (Wildman–Crippen MR) is 126 cm³/mol. The van der Waals surface area contributed by atoms with Crippen LogP contribution in [0.3, 0.4) is 0 Å².